The normalized spacial score (nSPS) is 24.5. The van der Waals surface area contributed by atoms with Crippen molar-refractivity contribution in [2.24, 2.45) is 0 Å². The van der Waals surface area contributed by atoms with Gasteiger partial charge in [0.15, 0.2) is 5.82 Å². The van der Waals surface area contributed by atoms with Crippen LogP contribution < -0.4 is 0 Å². The van der Waals surface area contributed by atoms with Gasteiger partial charge in [-0.1, -0.05) is 13.0 Å². The number of benzene rings is 1. The maximum atomic E-state index is 13.9. The Bertz CT molecular complexity index is 774. The fraction of sp³-hybridized carbons (Fsp3) is 0.579. The lowest BCUT2D eigenvalue weighted by molar-refractivity contribution is -0.132. The van der Waals surface area contributed by atoms with E-state index < -0.39 is 0 Å². The van der Waals surface area contributed by atoms with Gasteiger partial charge in [-0.3, -0.25) is 9.69 Å². The highest BCUT2D eigenvalue weighted by Gasteiger charge is 2.39. The minimum absolute atomic E-state index is 0.264. The van der Waals surface area contributed by atoms with Crippen molar-refractivity contribution in [1.29, 1.82) is 0 Å². The number of halogens is 1. The predicted octanol–water partition coefficient (Wildman–Crippen LogP) is 3.07. The molecule has 1 aromatic carbocycles. The van der Waals surface area contributed by atoms with Crippen LogP contribution in [-0.4, -0.2) is 50.8 Å². The summed E-state index contributed by atoms with van der Waals surface area (Å²) in [5.41, 5.74) is 1.16. The molecule has 0 unspecified atom stereocenters. The summed E-state index contributed by atoms with van der Waals surface area (Å²) in [6.07, 6.45) is 5.01. The molecule has 4 rings (SSSR count). The average molecular weight is 344 g/mol. The first-order chi connectivity index (χ1) is 12.2. The SMILES string of the molecule is CCC(=O)N1CCC[C@H]1[C@@H]1CCCN1Cc1nc2c(F)cccc2[nH]1. The first-order valence-electron chi connectivity index (χ1n) is 9.34. The van der Waals surface area contributed by atoms with Crippen LogP contribution in [0.5, 0.6) is 0 Å². The van der Waals surface area contributed by atoms with Crippen LogP contribution in [0, 0.1) is 5.82 Å². The maximum absolute atomic E-state index is 13.9. The highest BCUT2D eigenvalue weighted by atomic mass is 19.1. The third-order valence-electron chi connectivity index (χ3n) is 5.65. The summed E-state index contributed by atoms with van der Waals surface area (Å²) in [7, 11) is 0. The molecule has 2 aliphatic heterocycles. The molecule has 0 spiro atoms. The van der Waals surface area contributed by atoms with Gasteiger partial charge in [-0.15, -0.1) is 0 Å². The van der Waals surface area contributed by atoms with Crippen molar-refractivity contribution in [3.05, 3.63) is 29.8 Å². The van der Waals surface area contributed by atoms with E-state index in [0.717, 1.165) is 50.1 Å². The molecule has 25 heavy (non-hydrogen) atoms. The number of imidazole rings is 1. The maximum Gasteiger partial charge on any atom is 0.222 e. The van der Waals surface area contributed by atoms with Gasteiger partial charge in [0, 0.05) is 25.0 Å². The van der Waals surface area contributed by atoms with Crippen LogP contribution in [0.4, 0.5) is 4.39 Å². The number of hydrogen-bond acceptors (Lipinski definition) is 3. The van der Waals surface area contributed by atoms with Crippen molar-refractivity contribution < 1.29 is 9.18 Å². The van der Waals surface area contributed by atoms with Crippen LogP contribution >= 0.6 is 0 Å². The fourth-order valence-electron chi connectivity index (χ4n) is 4.50. The van der Waals surface area contributed by atoms with E-state index in [1.165, 1.54) is 6.07 Å². The number of amides is 1. The summed E-state index contributed by atoms with van der Waals surface area (Å²) in [6, 6.07) is 5.70. The highest BCUT2D eigenvalue weighted by molar-refractivity contribution is 5.76. The van der Waals surface area contributed by atoms with Crippen LogP contribution in [0.15, 0.2) is 18.2 Å². The summed E-state index contributed by atoms with van der Waals surface area (Å²) in [6.45, 7) is 4.52. The topological polar surface area (TPSA) is 52.2 Å². The number of H-pyrrole nitrogens is 1. The molecule has 6 heteroatoms. The fourth-order valence-corrected chi connectivity index (χ4v) is 4.50. The van der Waals surface area contributed by atoms with Gasteiger partial charge >= 0.3 is 0 Å². The standard InChI is InChI=1S/C19H25FN4O/c1-2-18(25)24-11-5-9-16(24)15-8-4-10-23(15)12-17-21-14-7-3-6-13(20)19(14)22-17/h3,6-7,15-16H,2,4-5,8-12H2,1H3,(H,21,22)/t15-,16-/m0/s1. The van der Waals surface area contributed by atoms with Crippen LogP contribution in [0.25, 0.3) is 11.0 Å². The molecular formula is C19H25FN4O. The van der Waals surface area contributed by atoms with E-state index in [0.29, 0.717) is 30.6 Å². The number of nitrogens with one attached hydrogen (secondary N) is 1. The Hall–Kier alpha value is -1.95. The lowest BCUT2D eigenvalue weighted by Gasteiger charge is -2.34. The van der Waals surface area contributed by atoms with Crippen molar-refractivity contribution in [2.75, 3.05) is 13.1 Å². The van der Waals surface area contributed by atoms with E-state index in [2.05, 4.69) is 19.8 Å². The number of nitrogens with zero attached hydrogens (tertiary/aromatic N) is 3. The van der Waals surface area contributed by atoms with Gasteiger partial charge in [-0.05, 0) is 44.4 Å². The van der Waals surface area contributed by atoms with Gasteiger partial charge in [-0.25, -0.2) is 9.37 Å². The molecule has 0 bridgehead atoms. The molecule has 2 fully saturated rings. The number of para-hydroxylation sites is 1. The Morgan fingerprint density at radius 1 is 1.28 bits per heavy atom. The van der Waals surface area contributed by atoms with Crippen LogP contribution in [0.1, 0.15) is 44.9 Å². The molecule has 134 valence electrons. The number of hydrogen-bond donors (Lipinski definition) is 1. The van der Waals surface area contributed by atoms with E-state index in [9.17, 15) is 9.18 Å². The molecule has 0 saturated carbocycles. The Balaban J connectivity index is 1.53. The van der Waals surface area contributed by atoms with Crippen molar-refractivity contribution >= 4 is 16.9 Å². The third-order valence-corrected chi connectivity index (χ3v) is 5.65. The molecule has 3 heterocycles. The Morgan fingerprint density at radius 3 is 2.88 bits per heavy atom. The second-order valence-electron chi connectivity index (χ2n) is 7.15. The molecule has 2 aromatic rings. The third kappa shape index (κ3) is 3.03. The Kier molecular flexibility index (Phi) is 4.46. The summed E-state index contributed by atoms with van der Waals surface area (Å²) in [5, 5.41) is 0. The molecule has 0 aliphatic carbocycles. The molecule has 5 nitrogen and oxygen atoms in total. The first kappa shape index (κ1) is 16.5. The summed E-state index contributed by atoms with van der Waals surface area (Å²) >= 11 is 0. The average Bonchev–Trinajstić information content (AvgIpc) is 3.33. The number of aromatic nitrogens is 2. The van der Waals surface area contributed by atoms with Crippen LogP contribution in [-0.2, 0) is 11.3 Å². The van der Waals surface area contributed by atoms with Crippen LogP contribution in [0.3, 0.4) is 0 Å². The molecule has 2 aliphatic rings. The zero-order valence-electron chi connectivity index (χ0n) is 14.7. The van der Waals surface area contributed by atoms with Crippen molar-refractivity contribution in [1.82, 2.24) is 19.8 Å². The van der Waals surface area contributed by atoms with Gasteiger partial charge in [0.05, 0.1) is 12.1 Å². The second-order valence-corrected chi connectivity index (χ2v) is 7.15. The van der Waals surface area contributed by atoms with E-state index in [-0.39, 0.29) is 11.7 Å². The van der Waals surface area contributed by atoms with Crippen molar-refractivity contribution in [3.8, 4) is 0 Å². The van der Waals surface area contributed by atoms with Crippen LogP contribution in [0.2, 0.25) is 0 Å². The van der Waals surface area contributed by atoms with Gasteiger partial charge < -0.3 is 9.88 Å². The van der Waals surface area contributed by atoms with Crippen molar-refractivity contribution in [3.63, 3.8) is 0 Å². The molecule has 1 aromatic heterocycles. The lowest BCUT2D eigenvalue weighted by Crippen LogP contribution is -2.47. The number of aromatic amines is 1. The molecule has 2 saturated heterocycles. The lowest BCUT2D eigenvalue weighted by atomic mass is 10.0. The summed E-state index contributed by atoms with van der Waals surface area (Å²) in [4.78, 5) is 24.5. The highest BCUT2D eigenvalue weighted by Crippen LogP contribution is 2.31. The Morgan fingerprint density at radius 2 is 2.08 bits per heavy atom. The van der Waals surface area contributed by atoms with Gasteiger partial charge in [0.2, 0.25) is 5.91 Å². The number of fused-ring (bicyclic) bond motifs is 1. The molecule has 1 amide bonds. The minimum atomic E-state index is -0.284. The molecule has 0 radical (unpaired) electrons. The number of likely N-dealkylation sites (tertiary alicyclic amines) is 2. The van der Waals surface area contributed by atoms with Gasteiger partial charge in [-0.2, -0.15) is 0 Å². The van der Waals surface area contributed by atoms with E-state index in [1.54, 1.807) is 6.07 Å². The van der Waals surface area contributed by atoms with E-state index in [4.69, 9.17) is 0 Å². The monoisotopic (exact) mass is 344 g/mol. The predicted molar refractivity (Wildman–Crippen MR) is 94.5 cm³/mol. The largest absolute Gasteiger partial charge is 0.341 e. The summed E-state index contributed by atoms with van der Waals surface area (Å²) in [5.74, 6) is 0.784. The smallest absolute Gasteiger partial charge is 0.222 e. The zero-order valence-corrected chi connectivity index (χ0v) is 14.7. The first-order valence-corrected chi connectivity index (χ1v) is 9.34. The number of carbonyl (C=O) groups is 1. The van der Waals surface area contributed by atoms with Gasteiger partial charge in [0.25, 0.3) is 0 Å². The quantitative estimate of drug-likeness (QED) is 0.927. The Labute approximate surface area is 147 Å². The van der Waals surface area contributed by atoms with Gasteiger partial charge in [0.1, 0.15) is 11.3 Å². The number of carbonyl (C=O) groups excluding carboxylic acids is 1. The second kappa shape index (κ2) is 6.75. The molecule has 2 atom stereocenters. The summed E-state index contributed by atoms with van der Waals surface area (Å²) < 4.78 is 13.9. The molecular weight excluding hydrogens is 319 g/mol. The van der Waals surface area contributed by atoms with E-state index in [1.807, 2.05) is 13.0 Å². The minimum Gasteiger partial charge on any atom is -0.341 e. The van der Waals surface area contributed by atoms with E-state index >= 15 is 0 Å². The zero-order chi connectivity index (χ0) is 17.4. The molecule has 1 N–H and O–H groups in total. The number of rotatable bonds is 4. The van der Waals surface area contributed by atoms with Crippen molar-refractivity contribution in [2.45, 2.75) is 57.7 Å².